The zero-order valence-electron chi connectivity index (χ0n) is 9.91. The molecule has 1 heterocycles. The Morgan fingerprint density at radius 2 is 2.19 bits per heavy atom. The summed E-state index contributed by atoms with van der Waals surface area (Å²) < 4.78 is 1.24. The van der Waals surface area contributed by atoms with E-state index >= 15 is 0 Å². The van der Waals surface area contributed by atoms with Gasteiger partial charge in [0, 0.05) is 23.5 Å². The Labute approximate surface area is 106 Å². The molecule has 0 aromatic heterocycles. The highest BCUT2D eigenvalue weighted by Gasteiger charge is 2.26. The number of benzene rings is 1. The fraction of sp³-hybridized carbons (Fsp3) is 0.538. The van der Waals surface area contributed by atoms with Crippen molar-refractivity contribution in [2.45, 2.75) is 18.8 Å². The standard InChI is InChI=1S/C13H19BrN2/c1-9(6-15)10-3-4-12(13(14)5-10)11-7-16(2)8-11/h3-5,9,11H,6-8,15H2,1-2H3. The van der Waals surface area contributed by atoms with E-state index in [2.05, 4.69) is 53.0 Å². The van der Waals surface area contributed by atoms with Crippen LogP contribution in [0.5, 0.6) is 0 Å². The first kappa shape index (κ1) is 12.1. The van der Waals surface area contributed by atoms with E-state index in [4.69, 9.17) is 5.73 Å². The van der Waals surface area contributed by atoms with E-state index in [0.717, 1.165) is 0 Å². The average molecular weight is 283 g/mol. The van der Waals surface area contributed by atoms with Crippen molar-refractivity contribution in [2.24, 2.45) is 5.73 Å². The Kier molecular flexibility index (Phi) is 3.67. The van der Waals surface area contributed by atoms with Crippen molar-refractivity contribution in [2.75, 3.05) is 26.7 Å². The van der Waals surface area contributed by atoms with E-state index in [1.54, 1.807) is 0 Å². The number of rotatable bonds is 3. The monoisotopic (exact) mass is 282 g/mol. The molecular weight excluding hydrogens is 264 g/mol. The minimum absolute atomic E-state index is 0.439. The minimum Gasteiger partial charge on any atom is -0.330 e. The predicted molar refractivity (Wildman–Crippen MR) is 71.8 cm³/mol. The van der Waals surface area contributed by atoms with Gasteiger partial charge in [-0.2, -0.15) is 0 Å². The molecule has 2 nitrogen and oxygen atoms in total. The van der Waals surface area contributed by atoms with Crippen molar-refractivity contribution < 1.29 is 0 Å². The normalized spacial score (nSPS) is 19.5. The molecule has 0 amide bonds. The molecule has 1 fully saturated rings. The van der Waals surface area contributed by atoms with Gasteiger partial charge in [-0.15, -0.1) is 0 Å². The van der Waals surface area contributed by atoms with Crippen LogP contribution in [0, 0.1) is 0 Å². The van der Waals surface area contributed by atoms with Crippen molar-refractivity contribution >= 4 is 15.9 Å². The van der Waals surface area contributed by atoms with Crippen molar-refractivity contribution in [1.82, 2.24) is 4.90 Å². The lowest BCUT2D eigenvalue weighted by Crippen LogP contribution is -2.41. The first-order valence-corrected chi connectivity index (χ1v) is 6.59. The Morgan fingerprint density at radius 3 is 2.69 bits per heavy atom. The molecule has 1 aliphatic heterocycles. The number of likely N-dealkylation sites (tertiary alicyclic amines) is 1. The summed E-state index contributed by atoms with van der Waals surface area (Å²) in [7, 11) is 2.16. The van der Waals surface area contributed by atoms with Crippen molar-refractivity contribution in [3.8, 4) is 0 Å². The molecule has 1 unspecified atom stereocenters. The molecule has 1 aromatic rings. The third-order valence-corrected chi connectivity index (χ3v) is 4.14. The molecule has 1 saturated heterocycles. The second-order valence-electron chi connectivity index (χ2n) is 4.84. The summed E-state index contributed by atoms with van der Waals surface area (Å²) in [5.74, 6) is 1.14. The van der Waals surface area contributed by atoms with Crippen LogP contribution in [0.25, 0.3) is 0 Å². The third-order valence-electron chi connectivity index (χ3n) is 3.45. The second kappa shape index (κ2) is 4.86. The van der Waals surface area contributed by atoms with Crippen LogP contribution in [-0.2, 0) is 0 Å². The lowest BCUT2D eigenvalue weighted by molar-refractivity contribution is 0.189. The van der Waals surface area contributed by atoms with Gasteiger partial charge in [0.2, 0.25) is 0 Å². The highest BCUT2D eigenvalue weighted by Crippen LogP contribution is 2.33. The van der Waals surface area contributed by atoms with E-state index in [-0.39, 0.29) is 0 Å². The molecule has 16 heavy (non-hydrogen) atoms. The first-order valence-electron chi connectivity index (χ1n) is 5.79. The summed E-state index contributed by atoms with van der Waals surface area (Å²) in [6.07, 6.45) is 0. The van der Waals surface area contributed by atoms with Gasteiger partial charge in [0.1, 0.15) is 0 Å². The first-order chi connectivity index (χ1) is 7.61. The fourth-order valence-electron chi connectivity index (χ4n) is 2.21. The summed E-state index contributed by atoms with van der Waals surface area (Å²) in [5, 5.41) is 0. The third kappa shape index (κ3) is 2.31. The molecule has 1 aliphatic rings. The Morgan fingerprint density at radius 1 is 1.50 bits per heavy atom. The van der Waals surface area contributed by atoms with Crippen molar-refractivity contribution in [3.63, 3.8) is 0 Å². The van der Waals surface area contributed by atoms with Gasteiger partial charge in [-0.3, -0.25) is 0 Å². The molecule has 0 saturated carbocycles. The minimum atomic E-state index is 0.439. The molecule has 0 aliphatic carbocycles. The zero-order chi connectivity index (χ0) is 11.7. The van der Waals surface area contributed by atoms with Crippen LogP contribution in [0.3, 0.4) is 0 Å². The van der Waals surface area contributed by atoms with E-state index < -0.39 is 0 Å². The summed E-state index contributed by atoms with van der Waals surface area (Å²) in [5.41, 5.74) is 8.45. The largest absolute Gasteiger partial charge is 0.330 e. The SMILES string of the molecule is CC(CN)c1ccc(C2CN(C)C2)c(Br)c1. The van der Waals surface area contributed by atoms with Gasteiger partial charge in [-0.1, -0.05) is 35.0 Å². The molecule has 0 spiro atoms. The number of nitrogens with zero attached hydrogens (tertiary/aromatic N) is 1. The molecule has 1 atom stereocenters. The Hall–Kier alpha value is -0.380. The molecule has 0 bridgehead atoms. The predicted octanol–water partition coefficient (Wildman–Crippen LogP) is 2.54. The van der Waals surface area contributed by atoms with E-state index in [1.165, 1.54) is 28.7 Å². The van der Waals surface area contributed by atoms with Crippen LogP contribution in [0.2, 0.25) is 0 Å². The maximum atomic E-state index is 5.69. The Bertz CT molecular complexity index is 372. The zero-order valence-corrected chi connectivity index (χ0v) is 11.5. The molecule has 3 heteroatoms. The van der Waals surface area contributed by atoms with Gasteiger partial charge in [0.15, 0.2) is 0 Å². The summed E-state index contributed by atoms with van der Waals surface area (Å²) in [4.78, 5) is 2.34. The quantitative estimate of drug-likeness (QED) is 0.923. The van der Waals surface area contributed by atoms with Gasteiger partial charge in [0.25, 0.3) is 0 Å². The van der Waals surface area contributed by atoms with Crippen LogP contribution in [-0.4, -0.2) is 31.6 Å². The van der Waals surface area contributed by atoms with Gasteiger partial charge in [0.05, 0.1) is 0 Å². The van der Waals surface area contributed by atoms with Crippen LogP contribution in [0.15, 0.2) is 22.7 Å². The number of hydrogen-bond donors (Lipinski definition) is 1. The maximum absolute atomic E-state index is 5.69. The smallest absolute Gasteiger partial charge is 0.0213 e. The van der Waals surface area contributed by atoms with Crippen LogP contribution in [0.1, 0.15) is 29.9 Å². The highest BCUT2D eigenvalue weighted by atomic mass is 79.9. The molecule has 2 rings (SSSR count). The average Bonchev–Trinajstić information content (AvgIpc) is 2.24. The van der Waals surface area contributed by atoms with E-state index in [9.17, 15) is 0 Å². The van der Waals surface area contributed by atoms with Gasteiger partial charge >= 0.3 is 0 Å². The fourth-order valence-corrected chi connectivity index (χ4v) is 2.93. The number of halogens is 1. The molecular formula is C13H19BrN2. The molecule has 0 radical (unpaired) electrons. The lowest BCUT2D eigenvalue weighted by atomic mass is 9.90. The van der Waals surface area contributed by atoms with Crippen LogP contribution in [0.4, 0.5) is 0 Å². The topological polar surface area (TPSA) is 29.3 Å². The second-order valence-corrected chi connectivity index (χ2v) is 5.69. The van der Waals surface area contributed by atoms with Gasteiger partial charge in [-0.25, -0.2) is 0 Å². The number of hydrogen-bond acceptors (Lipinski definition) is 2. The number of likely N-dealkylation sites (N-methyl/N-ethyl adjacent to an activating group) is 1. The summed E-state index contributed by atoms with van der Waals surface area (Å²) in [6.45, 7) is 5.21. The van der Waals surface area contributed by atoms with Crippen molar-refractivity contribution in [3.05, 3.63) is 33.8 Å². The summed E-state index contributed by atoms with van der Waals surface area (Å²) in [6, 6.07) is 6.70. The summed E-state index contributed by atoms with van der Waals surface area (Å²) >= 11 is 3.68. The van der Waals surface area contributed by atoms with Crippen LogP contribution < -0.4 is 5.73 Å². The Balaban J connectivity index is 2.17. The lowest BCUT2D eigenvalue weighted by Gasteiger charge is -2.37. The molecule has 1 aromatic carbocycles. The van der Waals surface area contributed by atoms with Gasteiger partial charge < -0.3 is 10.6 Å². The molecule has 2 N–H and O–H groups in total. The van der Waals surface area contributed by atoms with Gasteiger partial charge in [-0.05, 0) is 36.7 Å². The highest BCUT2D eigenvalue weighted by molar-refractivity contribution is 9.10. The molecule has 88 valence electrons. The van der Waals surface area contributed by atoms with Crippen molar-refractivity contribution in [1.29, 1.82) is 0 Å². The maximum Gasteiger partial charge on any atom is 0.0213 e. The van der Waals surface area contributed by atoms with E-state index in [0.29, 0.717) is 18.4 Å². The van der Waals surface area contributed by atoms with Crippen LogP contribution >= 0.6 is 15.9 Å². The van der Waals surface area contributed by atoms with E-state index in [1.807, 2.05) is 0 Å². The number of nitrogens with two attached hydrogens (primary N) is 1.